The summed E-state index contributed by atoms with van der Waals surface area (Å²) < 4.78 is 1.15. The Bertz CT molecular complexity index is 502. The molecular weight excluding hydrogens is 340 g/mol. The fraction of sp³-hybridized carbons (Fsp3) is 0.588. The van der Waals surface area contributed by atoms with Gasteiger partial charge in [0, 0.05) is 43.2 Å². The summed E-state index contributed by atoms with van der Waals surface area (Å²) in [4.78, 5) is 6.87. The van der Waals surface area contributed by atoms with Crippen LogP contribution >= 0.6 is 15.9 Å². The number of benzene rings is 1. The number of piperidine rings is 1. The molecule has 0 atom stereocenters. The molecule has 0 radical (unpaired) electrons. The van der Waals surface area contributed by atoms with Crippen molar-refractivity contribution in [2.75, 3.05) is 20.1 Å². The highest BCUT2D eigenvalue weighted by molar-refractivity contribution is 9.10. The van der Waals surface area contributed by atoms with Gasteiger partial charge in [0.1, 0.15) is 0 Å². The van der Waals surface area contributed by atoms with E-state index < -0.39 is 0 Å². The van der Waals surface area contributed by atoms with Crippen LogP contribution in [0, 0.1) is 0 Å². The third kappa shape index (κ3) is 4.71. The normalized spacial score (nSPS) is 20.9. The molecule has 0 unspecified atom stereocenters. The average molecular weight is 365 g/mol. The lowest BCUT2D eigenvalue weighted by Gasteiger charge is -2.33. The van der Waals surface area contributed by atoms with Gasteiger partial charge in [0.2, 0.25) is 0 Å². The summed E-state index contributed by atoms with van der Waals surface area (Å²) in [6.07, 6.45) is 4.93. The van der Waals surface area contributed by atoms with Crippen LogP contribution in [-0.2, 0) is 6.54 Å². The first-order chi connectivity index (χ1) is 10.7. The zero-order valence-corrected chi connectivity index (χ0v) is 14.8. The largest absolute Gasteiger partial charge is 0.354 e. The van der Waals surface area contributed by atoms with Gasteiger partial charge in [-0.15, -0.1) is 0 Å². The summed E-state index contributed by atoms with van der Waals surface area (Å²) in [6.45, 7) is 3.34. The van der Waals surface area contributed by atoms with Gasteiger partial charge in [0.05, 0.1) is 0 Å². The predicted octanol–water partition coefficient (Wildman–Crippen LogP) is 2.74. The number of nitrogens with one attached hydrogen (secondary N) is 2. The third-order valence-electron chi connectivity index (χ3n) is 4.39. The number of rotatable bonds is 4. The maximum Gasteiger partial charge on any atom is 0.191 e. The summed E-state index contributed by atoms with van der Waals surface area (Å²) in [6, 6.07) is 9.86. The van der Waals surface area contributed by atoms with E-state index >= 15 is 0 Å². The van der Waals surface area contributed by atoms with Crippen LogP contribution in [0.4, 0.5) is 0 Å². The molecule has 1 heterocycles. The van der Waals surface area contributed by atoms with E-state index in [0.717, 1.165) is 30.1 Å². The summed E-state index contributed by atoms with van der Waals surface area (Å²) in [7, 11) is 1.86. The highest BCUT2D eigenvalue weighted by Gasteiger charge is 2.24. The number of guanidine groups is 1. The van der Waals surface area contributed by atoms with Crippen LogP contribution < -0.4 is 10.6 Å². The highest BCUT2D eigenvalue weighted by Crippen LogP contribution is 2.19. The molecule has 1 aromatic carbocycles. The molecule has 2 aliphatic rings. The molecule has 1 aromatic rings. The van der Waals surface area contributed by atoms with Crippen molar-refractivity contribution in [2.45, 2.75) is 44.3 Å². The first-order valence-electron chi connectivity index (χ1n) is 8.19. The Balaban J connectivity index is 1.42. The Morgan fingerprint density at radius 3 is 2.23 bits per heavy atom. The molecule has 1 saturated carbocycles. The minimum Gasteiger partial charge on any atom is -0.354 e. The molecule has 4 nitrogen and oxygen atoms in total. The second-order valence-electron chi connectivity index (χ2n) is 6.31. The monoisotopic (exact) mass is 364 g/mol. The summed E-state index contributed by atoms with van der Waals surface area (Å²) >= 11 is 3.49. The molecule has 3 rings (SSSR count). The third-order valence-corrected chi connectivity index (χ3v) is 4.92. The first-order valence-corrected chi connectivity index (χ1v) is 8.99. The summed E-state index contributed by atoms with van der Waals surface area (Å²) in [5.74, 6) is 0.980. The van der Waals surface area contributed by atoms with E-state index in [1.807, 2.05) is 7.05 Å². The average Bonchev–Trinajstić information content (AvgIpc) is 3.35. The molecule has 0 amide bonds. The van der Waals surface area contributed by atoms with Gasteiger partial charge in [0.25, 0.3) is 0 Å². The second kappa shape index (κ2) is 7.47. The van der Waals surface area contributed by atoms with Crippen molar-refractivity contribution in [3.05, 3.63) is 34.3 Å². The van der Waals surface area contributed by atoms with Crippen molar-refractivity contribution in [3.63, 3.8) is 0 Å². The van der Waals surface area contributed by atoms with Crippen LogP contribution in [0.3, 0.4) is 0 Å². The van der Waals surface area contributed by atoms with Crippen molar-refractivity contribution < 1.29 is 0 Å². The van der Waals surface area contributed by atoms with Gasteiger partial charge in [0.15, 0.2) is 5.96 Å². The van der Waals surface area contributed by atoms with Crippen LogP contribution in [0.5, 0.6) is 0 Å². The molecule has 0 spiro atoms. The van der Waals surface area contributed by atoms with Gasteiger partial charge in [-0.05, 0) is 43.4 Å². The zero-order valence-electron chi connectivity index (χ0n) is 13.2. The first kappa shape index (κ1) is 15.8. The predicted molar refractivity (Wildman–Crippen MR) is 95.1 cm³/mol. The van der Waals surface area contributed by atoms with E-state index in [1.165, 1.54) is 31.2 Å². The Morgan fingerprint density at radius 1 is 1.09 bits per heavy atom. The summed E-state index contributed by atoms with van der Waals surface area (Å²) in [5, 5.41) is 7.04. The molecule has 2 N–H and O–H groups in total. The highest BCUT2D eigenvalue weighted by atomic mass is 79.9. The maximum atomic E-state index is 4.33. The molecule has 1 saturated heterocycles. The minimum atomic E-state index is 0.547. The lowest BCUT2D eigenvalue weighted by molar-refractivity contribution is 0.198. The number of hydrogen-bond acceptors (Lipinski definition) is 2. The van der Waals surface area contributed by atoms with E-state index in [9.17, 15) is 0 Å². The molecule has 2 fully saturated rings. The van der Waals surface area contributed by atoms with Crippen LogP contribution in [-0.4, -0.2) is 43.1 Å². The number of halogens is 1. The number of nitrogens with zero attached hydrogens (tertiary/aromatic N) is 2. The van der Waals surface area contributed by atoms with Gasteiger partial charge >= 0.3 is 0 Å². The fourth-order valence-electron chi connectivity index (χ4n) is 2.87. The van der Waals surface area contributed by atoms with Gasteiger partial charge in [-0.3, -0.25) is 9.89 Å². The second-order valence-corrected chi connectivity index (χ2v) is 7.23. The van der Waals surface area contributed by atoms with Crippen molar-refractivity contribution in [3.8, 4) is 0 Å². The SMILES string of the molecule is CN=C(NC1CC1)NC1CCN(Cc2ccc(Br)cc2)CC1. The Kier molecular flexibility index (Phi) is 5.37. The van der Waals surface area contributed by atoms with Crippen LogP contribution in [0.15, 0.2) is 33.7 Å². The van der Waals surface area contributed by atoms with E-state index in [-0.39, 0.29) is 0 Å². The standard InChI is InChI=1S/C17H25BrN4/c1-19-17(20-15-6-7-15)21-16-8-10-22(11-9-16)12-13-2-4-14(18)5-3-13/h2-5,15-16H,6-12H2,1H3,(H2,19,20,21). The molecule has 1 aliphatic carbocycles. The lowest BCUT2D eigenvalue weighted by atomic mass is 10.0. The van der Waals surface area contributed by atoms with Crippen LogP contribution in [0.1, 0.15) is 31.2 Å². The van der Waals surface area contributed by atoms with Crippen molar-refractivity contribution in [2.24, 2.45) is 4.99 Å². The fourth-order valence-corrected chi connectivity index (χ4v) is 3.13. The lowest BCUT2D eigenvalue weighted by Crippen LogP contribution is -2.48. The number of hydrogen-bond donors (Lipinski definition) is 2. The van der Waals surface area contributed by atoms with E-state index in [2.05, 4.69) is 60.7 Å². The van der Waals surface area contributed by atoms with Gasteiger partial charge in [-0.25, -0.2) is 0 Å². The molecule has 0 bridgehead atoms. The number of aliphatic imine (C=N–C) groups is 1. The van der Waals surface area contributed by atoms with Gasteiger partial charge in [-0.1, -0.05) is 28.1 Å². The topological polar surface area (TPSA) is 39.7 Å². The van der Waals surface area contributed by atoms with E-state index in [0.29, 0.717) is 12.1 Å². The van der Waals surface area contributed by atoms with Gasteiger partial charge < -0.3 is 10.6 Å². The zero-order chi connectivity index (χ0) is 15.4. The minimum absolute atomic E-state index is 0.547. The smallest absolute Gasteiger partial charge is 0.191 e. The van der Waals surface area contributed by atoms with Crippen LogP contribution in [0.25, 0.3) is 0 Å². The molecule has 0 aromatic heterocycles. The van der Waals surface area contributed by atoms with Crippen molar-refractivity contribution in [1.29, 1.82) is 0 Å². The summed E-state index contributed by atoms with van der Waals surface area (Å²) in [5.41, 5.74) is 1.39. The van der Waals surface area contributed by atoms with Crippen molar-refractivity contribution in [1.82, 2.24) is 15.5 Å². The maximum absolute atomic E-state index is 4.33. The Morgan fingerprint density at radius 2 is 1.68 bits per heavy atom. The number of likely N-dealkylation sites (tertiary alicyclic amines) is 1. The van der Waals surface area contributed by atoms with Crippen molar-refractivity contribution >= 4 is 21.9 Å². The molecule has 5 heteroatoms. The molecule has 1 aliphatic heterocycles. The molecule has 120 valence electrons. The van der Waals surface area contributed by atoms with E-state index in [1.54, 1.807) is 0 Å². The Labute approximate surface area is 141 Å². The van der Waals surface area contributed by atoms with Crippen LogP contribution in [0.2, 0.25) is 0 Å². The van der Waals surface area contributed by atoms with E-state index in [4.69, 9.17) is 0 Å². The quantitative estimate of drug-likeness (QED) is 0.637. The van der Waals surface area contributed by atoms with Gasteiger partial charge in [-0.2, -0.15) is 0 Å². The Hall–Kier alpha value is -1.07. The molecule has 22 heavy (non-hydrogen) atoms. The molecular formula is C17H25BrN4.